The van der Waals surface area contributed by atoms with Crippen LogP contribution in [0.5, 0.6) is 0 Å². The van der Waals surface area contributed by atoms with Crippen molar-refractivity contribution in [1.82, 2.24) is 14.8 Å². The number of amides is 1. The van der Waals surface area contributed by atoms with Crippen LogP contribution in [0, 0.1) is 0 Å². The monoisotopic (exact) mass is 331 g/mol. The van der Waals surface area contributed by atoms with Gasteiger partial charge in [0.05, 0.1) is 10.6 Å². The number of carbonyl (C=O) groups excluding carboxylic acids is 1. The van der Waals surface area contributed by atoms with Crippen LogP contribution in [0.1, 0.15) is 17.3 Å². The molecule has 114 valence electrons. The van der Waals surface area contributed by atoms with Gasteiger partial charge in [0.2, 0.25) is 0 Å². The lowest BCUT2D eigenvalue weighted by atomic mass is 10.2. The Bertz CT molecular complexity index is 560. The fraction of sp³-hybridized carbons (Fsp3) is 0.462. The van der Waals surface area contributed by atoms with Crippen LogP contribution in [0.4, 0.5) is 0 Å². The Morgan fingerprint density at radius 2 is 1.90 bits per heavy atom. The van der Waals surface area contributed by atoms with E-state index in [0.717, 1.165) is 0 Å². The maximum Gasteiger partial charge on any atom is 0.320 e. The normalized spacial score (nSPS) is 17.6. The van der Waals surface area contributed by atoms with Crippen LogP contribution in [-0.4, -0.2) is 64.0 Å². The van der Waals surface area contributed by atoms with Crippen molar-refractivity contribution in [3.8, 4) is 0 Å². The molecule has 1 aliphatic rings. The van der Waals surface area contributed by atoms with Crippen LogP contribution in [0.25, 0.3) is 0 Å². The molecule has 8 heteroatoms. The number of halogens is 2. The van der Waals surface area contributed by atoms with Crippen molar-refractivity contribution in [1.29, 1.82) is 0 Å². The van der Waals surface area contributed by atoms with Crippen molar-refractivity contribution >= 4 is 35.1 Å². The zero-order chi connectivity index (χ0) is 15.6. The zero-order valence-corrected chi connectivity index (χ0v) is 12.9. The molecule has 1 N–H and O–H groups in total. The molecule has 6 nitrogen and oxygen atoms in total. The molecule has 0 aliphatic carbocycles. The average molecular weight is 332 g/mol. The first-order valence-electron chi connectivity index (χ1n) is 6.47. The fourth-order valence-corrected chi connectivity index (χ4v) is 2.56. The molecule has 2 rings (SSSR count). The number of pyridine rings is 1. The molecule has 0 spiro atoms. The summed E-state index contributed by atoms with van der Waals surface area (Å²) in [5.74, 6) is -1.08. The summed E-state index contributed by atoms with van der Waals surface area (Å²) in [4.78, 5) is 30.6. The van der Waals surface area contributed by atoms with Gasteiger partial charge >= 0.3 is 5.97 Å². The summed E-state index contributed by atoms with van der Waals surface area (Å²) >= 11 is 11.8. The maximum absolute atomic E-state index is 12.4. The lowest BCUT2D eigenvalue weighted by Gasteiger charge is -2.36. The molecule has 1 aromatic rings. The number of hydrogen-bond acceptors (Lipinski definition) is 4. The smallest absolute Gasteiger partial charge is 0.320 e. The Morgan fingerprint density at radius 3 is 2.48 bits per heavy atom. The summed E-state index contributed by atoms with van der Waals surface area (Å²) in [6.07, 6.45) is 1.35. The van der Waals surface area contributed by atoms with Gasteiger partial charge in [-0.3, -0.25) is 14.5 Å². The molecule has 21 heavy (non-hydrogen) atoms. The van der Waals surface area contributed by atoms with Crippen LogP contribution < -0.4 is 0 Å². The van der Waals surface area contributed by atoms with E-state index < -0.39 is 12.0 Å². The minimum Gasteiger partial charge on any atom is -0.480 e. The first-order valence-corrected chi connectivity index (χ1v) is 7.23. The summed E-state index contributed by atoms with van der Waals surface area (Å²) < 4.78 is 0. The van der Waals surface area contributed by atoms with Crippen LogP contribution in [0.3, 0.4) is 0 Å². The van der Waals surface area contributed by atoms with E-state index in [-0.39, 0.29) is 16.1 Å². The summed E-state index contributed by atoms with van der Waals surface area (Å²) in [5.41, 5.74) is 0.316. The highest BCUT2D eigenvalue weighted by Crippen LogP contribution is 2.20. The predicted molar refractivity (Wildman–Crippen MR) is 78.8 cm³/mol. The van der Waals surface area contributed by atoms with Crippen molar-refractivity contribution in [2.45, 2.75) is 13.0 Å². The number of hydrogen-bond donors (Lipinski definition) is 1. The summed E-state index contributed by atoms with van der Waals surface area (Å²) in [6.45, 7) is 3.56. The number of rotatable bonds is 3. The largest absolute Gasteiger partial charge is 0.480 e. The van der Waals surface area contributed by atoms with Gasteiger partial charge in [-0.1, -0.05) is 23.2 Å². The first-order chi connectivity index (χ1) is 9.90. The predicted octanol–water partition coefficient (Wildman–Crippen LogP) is 1.62. The van der Waals surface area contributed by atoms with E-state index in [0.29, 0.717) is 31.7 Å². The van der Waals surface area contributed by atoms with Crippen LogP contribution in [0.2, 0.25) is 10.2 Å². The molecule has 1 saturated heterocycles. The van der Waals surface area contributed by atoms with Gasteiger partial charge in [-0.15, -0.1) is 0 Å². The van der Waals surface area contributed by atoms with Gasteiger partial charge in [-0.2, -0.15) is 0 Å². The van der Waals surface area contributed by atoms with Gasteiger partial charge in [-0.25, -0.2) is 4.98 Å². The highest BCUT2D eigenvalue weighted by Gasteiger charge is 2.28. The standard InChI is InChI=1S/C13H15Cl2N3O3/c1-8(13(20)21)17-2-4-18(5-3-17)12(19)9-6-11(15)16-7-10(9)14/h6-8H,2-5H2,1H3,(H,20,21). The van der Waals surface area contributed by atoms with Crippen molar-refractivity contribution in [2.75, 3.05) is 26.2 Å². The lowest BCUT2D eigenvalue weighted by molar-refractivity contribution is -0.143. The molecule has 1 amide bonds. The number of carboxylic acid groups (broad SMARTS) is 1. The van der Waals surface area contributed by atoms with E-state index in [1.807, 2.05) is 4.90 Å². The van der Waals surface area contributed by atoms with Crippen LogP contribution >= 0.6 is 23.2 Å². The minimum atomic E-state index is -0.862. The third-order valence-electron chi connectivity index (χ3n) is 3.56. The summed E-state index contributed by atoms with van der Waals surface area (Å²) in [6, 6.07) is 0.888. The molecule has 1 unspecified atom stereocenters. The number of carboxylic acids is 1. The molecular weight excluding hydrogens is 317 g/mol. The molecule has 1 fully saturated rings. The Balaban J connectivity index is 2.03. The number of aliphatic carboxylic acids is 1. The van der Waals surface area contributed by atoms with Gasteiger partial charge in [0, 0.05) is 32.4 Å². The molecular formula is C13H15Cl2N3O3. The third kappa shape index (κ3) is 3.64. The fourth-order valence-electron chi connectivity index (χ4n) is 2.22. The molecule has 1 aromatic heterocycles. The topological polar surface area (TPSA) is 73.7 Å². The van der Waals surface area contributed by atoms with Crippen LogP contribution in [-0.2, 0) is 4.79 Å². The van der Waals surface area contributed by atoms with Gasteiger partial charge in [0.1, 0.15) is 11.2 Å². The number of aromatic nitrogens is 1. The minimum absolute atomic E-state index is 0.209. The molecule has 2 heterocycles. The molecule has 0 radical (unpaired) electrons. The average Bonchev–Trinajstić information content (AvgIpc) is 2.48. The van der Waals surface area contributed by atoms with Gasteiger partial charge in [0.25, 0.3) is 5.91 Å². The van der Waals surface area contributed by atoms with Crippen molar-refractivity contribution in [3.05, 3.63) is 28.0 Å². The van der Waals surface area contributed by atoms with Crippen LogP contribution in [0.15, 0.2) is 12.3 Å². The quantitative estimate of drug-likeness (QED) is 0.852. The number of carbonyl (C=O) groups is 2. The molecule has 1 atom stereocenters. The SMILES string of the molecule is CC(C(=O)O)N1CCN(C(=O)c2cc(Cl)ncc2Cl)CC1. The first kappa shape index (κ1) is 16.0. The Hall–Kier alpha value is -1.37. The van der Waals surface area contributed by atoms with E-state index in [1.54, 1.807) is 11.8 Å². The Labute approximate surface area is 132 Å². The van der Waals surface area contributed by atoms with E-state index in [9.17, 15) is 9.59 Å². The Kier molecular flexibility index (Phi) is 5.03. The number of piperazine rings is 1. The van der Waals surface area contributed by atoms with Gasteiger partial charge < -0.3 is 10.0 Å². The highest BCUT2D eigenvalue weighted by atomic mass is 35.5. The molecule has 1 aliphatic heterocycles. The second-order valence-corrected chi connectivity index (χ2v) is 5.62. The van der Waals surface area contributed by atoms with E-state index in [1.165, 1.54) is 12.3 Å². The highest BCUT2D eigenvalue weighted by molar-refractivity contribution is 6.35. The molecule has 0 bridgehead atoms. The molecule has 0 saturated carbocycles. The van der Waals surface area contributed by atoms with Crippen molar-refractivity contribution < 1.29 is 14.7 Å². The van der Waals surface area contributed by atoms with Gasteiger partial charge in [-0.05, 0) is 13.0 Å². The second-order valence-electron chi connectivity index (χ2n) is 4.83. The van der Waals surface area contributed by atoms with E-state index in [4.69, 9.17) is 28.3 Å². The van der Waals surface area contributed by atoms with Crippen molar-refractivity contribution in [2.24, 2.45) is 0 Å². The Morgan fingerprint density at radius 1 is 1.29 bits per heavy atom. The lowest BCUT2D eigenvalue weighted by Crippen LogP contribution is -2.53. The van der Waals surface area contributed by atoms with Crippen molar-refractivity contribution in [3.63, 3.8) is 0 Å². The molecule has 0 aromatic carbocycles. The summed E-state index contributed by atoms with van der Waals surface area (Å²) in [7, 11) is 0. The maximum atomic E-state index is 12.4. The number of nitrogens with zero attached hydrogens (tertiary/aromatic N) is 3. The zero-order valence-electron chi connectivity index (χ0n) is 11.4. The third-order valence-corrected chi connectivity index (χ3v) is 4.07. The summed E-state index contributed by atoms with van der Waals surface area (Å²) in [5, 5.41) is 9.46. The van der Waals surface area contributed by atoms with Gasteiger partial charge in [0.15, 0.2) is 0 Å². The van der Waals surface area contributed by atoms with E-state index >= 15 is 0 Å². The van der Waals surface area contributed by atoms with E-state index in [2.05, 4.69) is 4.98 Å². The second kappa shape index (κ2) is 6.60.